The van der Waals surface area contributed by atoms with E-state index < -0.39 is 0 Å². The van der Waals surface area contributed by atoms with E-state index in [1.54, 1.807) is 12.1 Å². The van der Waals surface area contributed by atoms with Crippen LogP contribution in [0.25, 0.3) is 0 Å². The zero-order valence-electron chi connectivity index (χ0n) is 15.0. The van der Waals surface area contributed by atoms with E-state index in [-0.39, 0.29) is 11.8 Å². The molecule has 134 valence electrons. The molecule has 1 heterocycles. The Morgan fingerprint density at radius 2 is 1.58 bits per heavy atom. The summed E-state index contributed by atoms with van der Waals surface area (Å²) in [5, 5.41) is 2.95. The lowest BCUT2D eigenvalue weighted by molar-refractivity contribution is 0.0794. The van der Waals surface area contributed by atoms with Crippen LogP contribution in [0, 0.1) is 0 Å². The number of carbonyl (C=O) groups excluding carboxylic acids is 2. The molecule has 0 aromatic heterocycles. The van der Waals surface area contributed by atoms with Gasteiger partial charge < -0.3 is 10.2 Å². The first kappa shape index (κ1) is 16.8. The molecule has 26 heavy (non-hydrogen) atoms. The number of nitrogens with one attached hydrogen (secondary N) is 1. The molecule has 2 aromatic rings. The summed E-state index contributed by atoms with van der Waals surface area (Å²) in [6.07, 6.45) is 6.66. The minimum absolute atomic E-state index is 0.00356. The Morgan fingerprint density at radius 1 is 0.846 bits per heavy atom. The van der Waals surface area contributed by atoms with Gasteiger partial charge >= 0.3 is 0 Å². The van der Waals surface area contributed by atoms with Crippen LogP contribution in [0.1, 0.15) is 57.5 Å². The molecule has 1 N–H and O–H groups in total. The average molecular weight is 348 g/mol. The number of para-hydroxylation sites is 1. The highest BCUT2D eigenvalue weighted by Gasteiger charge is 2.22. The summed E-state index contributed by atoms with van der Waals surface area (Å²) >= 11 is 0. The predicted molar refractivity (Wildman–Crippen MR) is 103 cm³/mol. The molecule has 4 nitrogen and oxygen atoms in total. The highest BCUT2D eigenvalue weighted by molar-refractivity contribution is 6.09. The smallest absolute Gasteiger partial charge is 0.255 e. The third-order valence-electron chi connectivity index (χ3n) is 5.41. The Hall–Kier alpha value is -2.62. The van der Waals surface area contributed by atoms with E-state index in [1.807, 2.05) is 29.2 Å². The normalized spacial score (nSPS) is 16.2. The van der Waals surface area contributed by atoms with Crippen LogP contribution in [0.4, 0.5) is 5.69 Å². The fraction of sp³-hybridized carbons (Fsp3) is 0.364. The van der Waals surface area contributed by atoms with Gasteiger partial charge in [-0.25, -0.2) is 0 Å². The fourth-order valence-corrected chi connectivity index (χ4v) is 3.94. The van der Waals surface area contributed by atoms with E-state index in [0.29, 0.717) is 16.8 Å². The molecule has 1 saturated heterocycles. The van der Waals surface area contributed by atoms with Crippen molar-refractivity contribution >= 4 is 17.5 Å². The zero-order valence-corrected chi connectivity index (χ0v) is 15.0. The molecule has 1 aliphatic carbocycles. The van der Waals surface area contributed by atoms with Gasteiger partial charge in [0.05, 0.1) is 11.3 Å². The van der Waals surface area contributed by atoms with Crippen molar-refractivity contribution in [1.29, 1.82) is 0 Å². The van der Waals surface area contributed by atoms with Crippen molar-refractivity contribution in [2.45, 2.75) is 38.5 Å². The third-order valence-corrected chi connectivity index (χ3v) is 5.41. The second kappa shape index (κ2) is 7.32. The number of anilines is 1. The van der Waals surface area contributed by atoms with E-state index >= 15 is 0 Å². The van der Waals surface area contributed by atoms with Gasteiger partial charge in [0.1, 0.15) is 0 Å². The van der Waals surface area contributed by atoms with Crippen molar-refractivity contribution in [2.75, 3.05) is 18.4 Å². The number of carbonyl (C=O) groups is 2. The van der Waals surface area contributed by atoms with Crippen LogP contribution in [0.3, 0.4) is 0 Å². The largest absolute Gasteiger partial charge is 0.339 e. The number of aryl methyl sites for hydroxylation is 2. The van der Waals surface area contributed by atoms with Crippen LogP contribution in [0.15, 0.2) is 42.5 Å². The Labute approximate surface area is 154 Å². The molecule has 0 radical (unpaired) electrons. The lowest BCUT2D eigenvalue weighted by Gasteiger charge is -2.19. The molecule has 1 fully saturated rings. The molecule has 0 atom stereocenters. The maximum atomic E-state index is 12.8. The fourth-order valence-electron chi connectivity index (χ4n) is 3.94. The van der Waals surface area contributed by atoms with Gasteiger partial charge in [0, 0.05) is 18.7 Å². The zero-order chi connectivity index (χ0) is 17.9. The number of hydrogen-bond acceptors (Lipinski definition) is 2. The maximum Gasteiger partial charge on any atom is 0.255 e. The Balaban J connectivity index is 1.55. The van der Waals surface area contributed by atoms with E-state index in [2.05, 4.69) is 11.4 Å². The summed E-state index contributed by atoms with van der Waals surface area (Å²) in [4.78, 5) is 27.4. The summed E-state index contributed by atoms with van der Waals surface area (Å²) in [7, 11) is 0. The van der Waals surface area contributed by atoms with Gasteiger partial charge in [-0.2, -0.15) is 0 Å². The maximum absolute atomic E-state index is 12.8. The van der Waals surface area contributed by atoms with Gasteiger partial charge in [-0.15, -0.1) is 0 Å². The van der Waals surface area contributed by atoms with Crippen molar-refractivity contribution in [3.63, 3.8) is 0 Å². The quantitative estimate of drug-likeness (QED) is 0.909. The minimum Gasteiger partial charge on any atom is -0.339 e. The van der Waals surface area contributed by atoms with E-state index in [4.69, 9.17) is 0 Å². The number of likely N-dealkylation sites (tertiary alicyclic amines) is 1. The second-order valence-corrected chi connectivity index (χ2v) is 7.19. The summed E-state index contributed by atoms with van der Waals surface area (Å²) in [5.41, 5.74) is 4.46. The topological polar surface area (TPSA) is 49.4 Å². The molecular formula is C22H24N2O2. The second-order valence-electron chi connectivity index (χ2n) is 7.19. The number of hydrogen-bond donors (Lipinski definition) is 1. The van der Waals surface area contributed by atoms with Gasteiger partial charge in [-0.1, -0.05) is 18.2 Å². The van der Waals surface area contributed by atoms with Crippen LogP contribution >= 0.6 is 0 Å². The standard InChI is InChI=1S/C22H24N2O2/c25-21(18-12-11-16-7-1-2-8-17(16)15-18)23-20-10-4-3-9-19(20)22(26)24-13-5-6-14-24/h3-4,9-12,15H,1-2,5-8,13-14H2,(H,23,25). The molecular weight excluding hydrogens is 324 g/mol. The van der Waals surface area contributed by atoms with E-state index in [9.17, 15) is 9.59 Å². The highest BCUT2D eigenvalue weighted by atomic mass is 16.2. The van der Waals surface area contributed by atoms with E-state index in [1.165, 1.54) is 24.0 Å². The van der Waals surface area contributed by atoms with E-state index in [0.717, 1.165) is 38.8 Å². The number of amides is 2. The molecule has 0 saturated carbocycles. The Morgan fingerprint density at radius 3 is 2.38 bits per heavy atom. The van der Waals surface area contributed by atoms with Crippen molar-refractivity contribution in [3.8, 4) is 0 Å². The lowest BCUT2D eigenvalue weighted by Crippen LogP contribution is -2.28. The summed E-state index contributed by atoms with van der Waals surface area (Å²) in [6, 6.07) is 13.3. The van der Waals surface area contributed by atoms with Crippen molar-refractivity contribution in [1.82, 2.24) is 4.90 Å². The number of nitrogens with zero attached hydrogens (tertiary/aromatic N) is 1. The number of fused-ring (bicyclic) bond motifs is 1. The third kappa shape index (κ3) is 3.36. The van der Waals surface area contributed by atoms with Crippen LogP contribution in [0.5, 0.6) is 0 Å². The lowest BCUT2D eigenvalue weighted by atomic mass is 9.90. The first-order valence-electron chi connectivity index (χ1n) is 9.54. The van der Waals surface area contributed by atoms with Crippen LogP contribution in [-0.4, -0.2) is 29.8 Å². The summed E-state index contributed by atoms with van der Waals surface area (Å²) < 4.78 is 0. The molecule has 0 unspecified atom stereocenters. The van der Waals surface area contributed by atoms with Gasteiger partial charge in [-0.3, -0.25) is 9.59 Å². The first-order valence-corrected chi connectivity index (χ1v) is 9.54. The SMILES string of the molecule is O=C(Nc1ccccc1C(=O)N1CCCC1)c1ccc2c(c1)CCCC2. The number of rotatable bonds is 3. The van der Waals surface area contributed by atoms with Crippen LogP contribution in [0.2, 0.25) is 0 Å². The molecule has 2 aliphatic rings. The molecule has 4 heteroatoms. The van der Waals surface area contributed by atoms with Gasteiger partial charge in [0.15, 0.2) is 0 Å². The average Bonchev–Trinajstić information content (AvgIpc) is 3.22. The minimum atomic E-state index is -0.153. The van der Waals surface area contributed by atoms with Gasteiger partial charge in [-0.05, 0) is 73.9 Å². The molecule has 2 aromatic carbocycles. The van der Waals surface area contributed by atoms with Gasteiger partial charge in [0.2, 0.25) is 0 Å². The highest BCUT2D eigenvalue weighted by Crippen LogP contribution is 2.24. The van der Waals surface area contributed by atoms with Crippen LogP contribution in [-0.2, 0) is 12.8 Å². The molecule has 4 rings (SSSR count). The molecule has 1 aliphatic heterocycles. The van der Waals surface area contributed by atoms with Crippen LogP contribution < -0.4 is 5.32 Å². The Bertz CT molecular complexity index is 838. The first-order chi connectivity index (χ1) is 12.7. The van der Waals surface area contributed by atoms with Crippen molar-refractivity contribution in [3.05, 3.63) is 64.7 Å². The molecule has 2 amide bonds. The monoisotopic (exact) mass is 348 g/mol. The van der Waals surface area contributed by atoms with Crippen molar-refractivity contribution < 1.29 is 9.59 Å². The predicted octanol–water partition coefficient (Wildman–Crippen LogP) is 4.05. The summed E-state index contributed by atoms with van der Waals surface area (Å²) in [6.45, 7) is 1.60. The van der Waals surface area contributed by atoms with Gasteiger partial charge in [0.25, 0.3) is 11.8 Å². The Kier molecular flexibility index (Phi) is 4.74. The molecule has 0 spiro atoms. The molecule has 0 bridgehead atoms. The number of benzene rings is 2. The van der Waals surface area contributed by atoms with Crippen molar-refractivity contribution in [2.24, 2.45) is 0 Å². The summed E-state index contributed by atoms with van der Waals surface area (Å²) in [5.74, 6) is -0.149.